The average Bonchev–Trinajstić information content (AvgIpc) is 3.43. The number of imidazole rings is 1. The van der Waals surface area contributed by atoms with Gasteiger partial charge in [0.2, 0.25) is 0 Å². The minimum Gasteiger partial charge on any atom is -0.464 e. The summed E-state index contributed by atoms with van der Waals surface area (Å²) in [4.78, 5) is 16.2. The van der Waals surface area contributed by atoms with Gasteiger partial charge in [0, 0.05) is 30.6 Å². The Balaban J connectivity index is 1.68. The number of carbonyl (C=O) groups is 1. The summed E-state index contributed by atoms with van der Waals surface area (Å²) in [5.74, 6) is 2.31. The number of nitrogens with one attached hydrogen (secondary N) is 1. The maximum absolute atomic E-state index is 11.7. The molecule has 6 heteroatoms. The summed E-state index contributed by atoms with van der Waals surface area (Å²) in [6.45, 7) is 0.471. The van der Waals surface area contributed by atoms with Crippen LogP contribution in [0.1, 0.15) is 16.3 Å². The predicted molar refractivity (Wildman–Crippen MR) is 96.6 cm³/mol. The van der Waals surface area contributed by atoms with Crippen LogP contribution in [0.2, 0.25) is 0 Å². The van der Waals surface area contributed by atoms with Gasteiger partial charge in [-0.15, -0.1) is 0 Å². The van der Waals surface area contributed by atoms with Gasteiger partial charge in [-0.3, -0.25) is 4.79 Å². The van der Waals surface area contributed by atoms with Gasteiger partial charge in [0.25, 0.3) is 5.91 Å². The molecule has 0 radical (unpaired) electrons. The van der Waals surface area contributed by atoms with Crippen molar-refractivity contribution in [2.75, 3.05) is 7.05 Å². The summed E-state index contributed by atoms with van der Waals surface area (Å²) in [5.41, 5.74) is 1.93. The lowest BCUT2D eigenvalue weighted by Crippen LogP contribution is -2.16. The van der Waals surface area contributed by atoms with E-state index in [1.54, 1.807) is 31.6 Å². The molecule has 1 amide bonds. The Morgan fingerprint density at radius 1 is 1.12 bits per heavy atom. The number of carbonyl (C=O) groups excluding carboxylic acids is 1. The van der Waals surface area contributed by atoms with Gasteiger partial charge in [0.05, 0.1) is 12.8 Å². The van der Waals surface area contributed by atoms with E-state index in [0.717, 1.165) is 22.7 Å². The molecule has 0 unspecified atom stereocenters. The van der Waals surface area contributed by atoms with Crippen molar-refractivity contribution in [2.24, 2.45) is 0 Å². The number of hydrogen-bond donors (Lipinski definition) is 1. The number of rotatable bonds is 5. The number of amides is 1. The Hall–Kier alpha value is -3.54. The molecule has 1 N–H and O–H groups in total. The number of furan rings is 2. The molecule has 0 spiro atoms. The van der Waals surface area contributed by atoms with Gasteiger partial charge in [-0.2, -0.15) is 0 Å². The summed E-state index contributed by atoms with van der Waals surface area (Å²) < 4.78 is 13.2. The molecule has 4 aromatic rings. The van der Waals surface area contributed by atoms with Gasteiger partial charge in [0.15, 0.2) is 5.76 Å². The van der Waals surface area contributed by atoms with Crippen molar-refractivity contribution in [1.29, 1.82) is 0 Å². The Morgan fingerprint density at radius 2 is 1.96 bits per heavy atom. The van der Waals surface area contributed by atoms with Crippen LogP contribution in [0.3, 0.4) is 0 Å². The van der Waals surface area contributed by atoms with Crippen molar-refractivity contribution in [3.05, 3.63) is 78.7 Å². The summed E-state index contributed by atoms with van der Waals surface area (Å²) >= 11 is 0. The Kier molecular flexibility index (Phi) is 4.15. The van der Waals surface area contributed by atoms with Gasteiger partial charge in [-0.1, -0.05) is 24.3 Å². The predicted octanol–water partition coefficient (Wildman–Crippen LogP) is 3.81. The van der Waals surface area contributed by atoms with E-state index in [9.17, 15) is 4.79 Å². The molecule has 3 aromatic heterocycles. The Labute approximate surface area is 150 Å². The van der Waals surface area contributed by atoms with Gasteiger partial charge in [-0.05, 0) is 24.3 Å². The molecule has 0 aliphatic carbocycles. The highest BCUT2D eigenvalue weighted by atomic mass is 16.4. The van der Waals surface area contributed by atoms with Crippen LogP contribution >= 0.6 is 0 Å². The van der Waals surface area contributed by atoms with Crippen LogP contribution in [0.4, 0.5) is 0 Å². The highest BCUT2D eigenvalue weighted by molar-refractivity contribution is 5.91. The lowest BCUT2D eigenvalue weighted by Gasteiger charge is -2.10. The first kappa shape index (κ1) is 16.0. The quantitative estimate of drug-likeness (QED) is 0.596. The van der Waals surface area contributed by atoms with Crippen LogP contribution in [-0.2, 0) is 6.54 Å². The monoisotopic (exact) mass is 347 g/mol. The zero-order valence-corrected chi connectivity index (χ0v) is 14.2. The summed E-state index contributed by atoms with van der Waals surface area (Å²) in [6, 6.07) is 15.2. The Bertz CT molecular complexity index is 1030. The largest absolute Gasteiger partial charge is 0.464 e. The van der Waals surface area contributed by atoms with Crippen molar-refractivity contribution in [3.63, 3.8) is 0 Å². The van der Waals surface area contributed by atoms with E-state index < -0.39 is 0 Å². The molecule has 0 fully saturated rings. The minimum absolute atomic E-state index is 0.245. The van der Waals surface area contributed by atoms with Crippen LogP contribution < -0.4 is 5.32 Å². The SMILES string of the molecule is CNC(=O)c1ccc(Cn2ccnc2-c2ccccc2-c2ccco2)o1. The average molecular weight is 347 g/mol. The van der Waals surface area contributed by atoms with Crippen molar-refractivity contribution in [3.8, 4) is 22.7 Å². The van der Waals surface area contributed by atoms with Crippen molar-refractivity contribution < 1.29 is 13.6 Å². The molecule has 26 heavy (non-hydrogen) atoms. The summed E-state index contributed by atoms with van der Waals surface area (Å²) in [6.07, 6.45) is 5.29. The third-order valence-electron chi connectivity index (χ3n) is 4.11. The van der Waals surface area contributed by atoms with Gasteiger partial charge in [0.1, 0.15) is 17.3 Å². The molecule has 0 bridgehead atoms. The van der Waals surface area contributed by atoms with Crippen LogP contribution in [-0.4, -0.2) is 22.5 Å². The molecule has 0 aliphatic rings. The molecule has 0 saturated heterocycles. The number of hydrogen-bond acceptors (Lipinski definition) is 4. The van der Waals surface area contributed by atoms with Gasteiger partial charge < -0.3 is 18.7 Å². The second kappa shape index (κ2) is 6.76. The first-order valence-electron chi connectivity index (χ1n) is 8.21. The molecule has 0 atom stereocenters. The molecule has 0 saturated carbocycles. The normalized spacial score (nSPS) is 10.8. The summed E-state index contributed by atoms with van der Waals surface area (Å²) in [7, 11) is 1.57. The lowest BCUT2D eigenvalue weighted by molar-refractivity contribution is 0.0933. The van der Waals surface area contributed by atoms with Gasteiger partial charge in [-0.25, -0.2) is 4.98 Å². The molecule has 130 valence electrons. The highest BCUT2D eigenvalue weighted by Crippen LogP contribution is 2.31. The minimum atomic E-state index is -0.245. The molecular formula is C20H17N3O3. The van der Waals surface area contributed by atoms with E-state index in [1.165, 1.54) is 0 Å². The van der Waals surface area contributed by atoms with Gasteiger partial charge >= 0.3 is 0 Å². The fourth-order valence-electron chi connectivity index (χ4n) is 2.88. The molecule has 0 aliphatic heterocycles. The van der Waals surface area contributed by atoms with E-state index in [1.807, 2.05) is 47.2 Å². The molecule has 3 heterocycles. The van der Waals surface area contributed by atoms with E-state index in [0.29, 0.717) is 18.1 Å². The first-order chi connectivity index (χ1) is 12.8. The smallest absolute Gasteiger partial charge is 0.286 e. The molecule has 1 aromatic carbocycles. The number of nitrogens with zero attached hydrogens (tertiary/aromatic N) is 2. The molecule has 6 nitrogen and oxygen atoms in total. The summed E-state index contributed by atoms with van der Waals surface area (Å²) in [5, 5.41) is 2.55. The topological polar surface area (TPSA) is 73.2 Å². The van der Waals surface area contributed by atoms with Crippen molar-refractivity contribution in [1.82, 2.24) is 14.9 Å². The second-order valence-electron chi connectivity index (χ2n) is 5.75. The lowest BCUT2D eigenvalue weighted by atomic mass is 10.0. The molecular weight excluding hydrogens is 330 g/mol. The van der Waals surface area contributed by atoms with E-state index in [-0.39, 0.29) is 5.91 Å². The van der Waals surface area contributed by atoms with Crippen LogP contribution in [0.25, 0.3) is 22.7 Å². The fourth-order valence-corrected chi connectivity index (χ4v) is 2.88. The zero-order chi connectivity index (χ0) is 17.9. The maximum Gasteiger partial charge on any atom is 0.286 e. The first-order valence-corrected chi connectivity index (χ1v) is 8.21. The van der Waals surface area contributed by atoms with E-state index in [2.05, 4.69) is 10.3 Å². The fraction of sp³-hybridized carbons (Fsp3) is 0.100. The van der Waals surface area contributed by atoms with Crippen molar-refractivity contribution in [2.45, 2.75) is 6.54 Å². The van der Waals surface area contributed by atoms with Crippen molar-refractivity contribution >= 4 is 5.91 Å². The zero-order valence-electron chi connectivity index (χ0n) is 14.2. The number of benzene rings is 1. The third kappa shape index (κ3) is 2.93. The van der Waals surface area contributed by atoms with Crippen LogP contribution in [0.5, 0.6) is 0 Å². The van der Waals surface area contributed by atoms with E-state index in [4.69, 9.17) is 8.83 Å². The van der Waals surface area contributed by atoms with E-state index >= 15 is 0 Å². The second-order valence-corrected chi connectivity index (χ2v) is 5.75. The maximum atomic E-state index is 11.7. The third-order valence-corrected chi connectivity index (χ3v) is 4.11. The Morgan fingerprint density at radius 3 is 2.73 bits per heavy atom. The number of aromatic nitrogens is 2. The van der Waals surface area contributed by atoms with Crippen LogP contribution in [0.15, 0.2) is 76.0 Å². The molecule has 4 rings (SSSR count). The highest BCUT2D eigenvalue weighted by Gasteiger charge is 2.15. The standard InChI is InChI=1S/C20H17N3O3/c1-21-20(24)18-9-8-14(26-18)13-23-11-10-22-19(23)16-6-3-2-5-15(16)17-7-4-12-25-17/h2-12H,13H2,1H3,(H,21,24). The van der Waals surface area contributed by atoms with Crippen LogP contribution in [0, 0.1) is 0 Å².